The minimum Gasteiger partial charge on any atom is -0.379 e. The fourth-order valence-electron chi connectivity index (χ4n) is 4.12. The topological polar surface area (TPSA) is 66.0 Å². The molecular weight excluding hydrogens is 412 g/mol. The second kappa shape index (κ2) is 9.46. The van der Waals surface area contributed by atoms with E-state index in [1.165, 1.54) is 22.5 Å². The summed E-state index contributed by atoms with van der Waals surface area (Å²) >= 11 is 1.46. The number of ether oxygens (including phenoxy) is 1. The maximum absolute atomic E-state index is 13.2. The van der Waals surface area contributed by atoms with Gasteiger partial charge in [-0.3, -0.25) is 14.5 Å². The number of amides is 2. The zero-order chi connectivity index (χ0) is 22.0. The number of aryl methyl sites for hydroxylation is 3. The standard InChI is InChI=1S/C23H30N4O3S/c1-16-4-5-19(17(2)14-16)22-24-18(3)21(31-22)23(29)27-8-6-26(7-9-27)20(28)15-25-10-12-30-13-11-25/h4-5,14H,6-13,15H2,1-3H3. The van der Waals surface area contributed by atoms with Gasteiger partial charge in [-0.2, -0.15) is 0 Å². The molecule has 1 aromatic heterocycles. The SMILES string of the molecule is Cc1ccc(-c2nc(C)c(C(=O)N3CCN(C(=O)CN4CCOCC4)CC3)s2)c(C)c1. The van der Waals surface area contributed by atoms with Gasteiger partial charge in [-0.15, -0.1) is 11.3 Å². The molecule has 2 amide bonds. The van der Waals surface area contributed by atoms with Crippen molar-refractivity contribution < 1.29 is 14.3 Å². The van der Waals surface area contributed by atoms with Crippen LogP contribution >= 0.6 is 11.3 Å². The lowest BCUT2D eigenvalue weighted by Crippen LogP contribution is -2.53. The Balaban J connectivity index is 1.37. The molecule has 2 aliphatic heterocycles. The van der Waals surface area contributed by atoms with Crippen molar-refractivity contribution in [3.8, 4) is 10.6 Å². The number of hydrogen-bond donors (Lipinski definition) is 0. The highest BCUT2D eigenvalue weighted by atomic mass is 32.1. The van der Waals surface area contributed by atoms with Crippen LogP contribution in [-0.4, -0.2) is 90.5 Å². The Morgan fingerprint density at radius 3 is 2.35 bits per heavy atom. The Bertz CT molecular complexity index is 960. The Morgan fingerprint density at radius 2 is 1.68 bits per heavy atom. The smallest absolute Gasteiger partial charge is 0.265 e. The summed E-state index contributed by atoms with van der Waals surface area (Å²) in [6, 6.07) is 6.30. The van der Waals surface area contributed by atoms with Crippen LogP contribution in [0.1, 0.15) is 26.5 Å². The fourth-order valence-corrected chi connectivity index (χ4v) is 5.24. The molecule has 0 spiro atoms. The highest BCUT2D eigenvalue weighted by Gasteiger charge is 2.28. The first-order chi connectivity index (χ1) is 14.9. The molecule has 7 nitrogen and oxygen atoms in total. The van der Waals surface area contributed by atoms with Crippen LogP contribution in [0.25, 0.3) is 10.6 Å². The molecule has 31 heavy (non-hydrogen) atoms. The molecule has 4 rings (SSSR count). The number of nitrogens with zero attached hydrogens (tertiary/aromatic N) is 4. The number of carbonyl (C=O) groups is 2. The fraction of sp³-hybridized carbons (Fsp3) is 0.522. The summed E-state index contributed by atoms with van der Waals surface area (Å²) in [6.07, 6.45) is 0. The first kappa shape index (κ1) is 21.9. The Hall–Kier alpha value is -2.29. The average Bonchev–Trinajstić information content (AvgIpc) is 3.15. The van der Waals surface area contributed by atoms with Gasteiger partial charge >= 0.3 is 0 Å². The maximum Gasteiger partial charge on any atom is 0.265 e. The minimum atomic E-state index is 0.0197. The quantitative estimate of drug-likeness (QED) is 0.727. The zero-order valence-corrected chi connectivity index (χ0v) is 19.3. The van der Waals surface area contributed by atoms with Crippen LogP contribution in [0, 0.1) is 20.8 Å². The molecule has 1 aromatic carbocycles. The number of thiazole rings is 1. The minimum absolute atomic E-state index is 0.0197. The van der Waals surface area contributed by atoms with Crippen molar-refractivity contribution in [1.82, 2.24) is 19.7 Å². The second-order valence-corrected chi connectivity index (χ2v) is 9.31. The molecular formula is C23H30N4O3S. The van der Waals surface area contributed by atoms with Gasteiger partial charge in [0.1, 0.15) is 9.88 Å². The van der Waals surface area contributed by atoms with Gasteiger partial charge in [0, 0.05) is 44.8 Å². The third-order valence-electron chi connectivity index (χ3n) is 5.99. The summed E-state index contributed by atoms with van der Waals surface area (Å²) in [5, 5.41) is 0.887. The largest absolute Gasteiger partial charge is 0.379 e. The van der Waals surface area contributed by atoms with Crippen molar-refractivity contribution in [1.29, 1.82) is 0 Å². The zero-order valence-electron chi connectivity index (χ0n) is 18.5. The number of hydrogen-bond acceptors (Lipinski definition) is 6. The number of aromatic nitrogens is 1. The number of morpholine rings is 1. The van der Waals surface area contributed by atoms with Gasteiger partial charge in [-0.05, 0) is 26.3 Å². The van der Waals surface area contributed by atoms with Crippen molar-refractivity contribution in [2.75, 3.05) is 59.0 Å². The van der Waals surface area contributed by atoms with E-state index >= 15 is 0 Å². The van der Waals surface area contributed by atoms with Crippen LogP contribution in [0.2, 0.25) is 0 Å². The van der Waals surface area contributed by atoms with Crippen molar-refractivity contribution in [3.63, 3.8) is 0 Å². The number of carbonyl (C=O) groups excluding carboxylic acids is 2. The van der Waals surface area contributed by atoms with Crippen molar-refractivity contribution in [3.05, 3.63) is 39.9 Å². The molecule has 3 heterocycles. The third kappa shape index (κ3) is 4.97. The van der Waals surface area contributed by atoms with E-state index < -0.39 is 0 Å². The van der Waals surface area contributed by atoms with E-state index in [1.807, 2.05) is 16.7 Å². The highest BCUT2D eigenvalue weighted by Crippen LogP contribution is 2.31. The first-order valence-corrected chi connectivity index (χ1v) is 11.7. The van der Waals surface area contributed by atoms with Crippen LogP contribution in [0.5, 0.6) is 0 Å². The molecule has 0 radical (unpaired) electrons. The maximum atomic E-state index is 13.2. The predicted octanol–water partition coefficient (Wildman–Crippen LogP) is 2.35. The van der Waals surface area contributed by atoms with Gasteiger partial charge in [0.2, 0.25) is 5.91 Å². The number of piperazine rings is 1. The van der Waals surface area contributed by atoms with Gasteiger partial charge in [-0.1, -0.05) is 23.8 Å². The summed E-state index contributed by atoms with van der Waals surface area (Å²) in [5.74, 6) is 0.159. The molecule has 2 saturated heterocycles. The monoisotopic (exact) mass is 442 g/mol. The van der Waals surface area contributed by atoms with E-state index in [0.29, 0.717) is 50.8 Å². The summed E-state index contributed by atoms with van der Waals surface area (Å²) in [7, 11) is 0. The predicted molar refractivity (Wildman–Crippen MR) is 122 cm³/mol. The highest BCUT2D eigenvalue weighted by molar-refractivity contribution is 7.17. The molecule has 2 aromatic rings. The van der Waals surface area contributed by atoms with E-state index in [0.717, 1.165) is 29.4 Å². The van der Waals surface area contributed by atoms with Crippen LogP contribution in [0.4, 0.5) is 0 Å². The Labute approximate surface area is 187 Å². The van der Waals surface area contributed by atoms with Gasteiger partial charge in [0.25, 0.3) is 5.91 Å². The summed E-state index contributed by atoms with van der Waals surface area (Å²) in [5.41, 5.74) is 4.24. The normalized spacial score (nSPS) is 17.8. The molecule has 0 N–H and O–H groups in total. The Morgan fingerprint density at radius 1 is 1.00 bits per heavy atom. The van der Waals surface area contributed by atoms with Crippen molar-refractivity contribution in [2.45, 2.75) is 20.8 Å². The molecule has 0 saturated carbocycles. The molecule has 0 atom stereocenters. The van der Waals surface area contributed by atoms with Crippen LogP contribution in [-0.2, 0) is 9.53 Å². The van der Waals surface area contributed by atoms with Crippen LogP contribution < -0.4 is 0 Å². The van der Waals surface area contributed by atoms with Crippen LogP contribution in [0.15, 0.2) is 18.2 Å². The molecule has 2 fully saturated rings. The lowest BCUT2D eigenvalue weighted by atomic mass is 10.1. The van der Waals surface area contributed by atoms with Crippen molar-refractivity contribution >= 4 is 23.2 Å². The molecule has 2 aliphatic rings. The summed E-state index contributed by atoms with van der Waals surface area (Å²) < 4.78 is 5.35. The summed E-state index contributed by atoms with van der Waals surface area (Å²) in [6.45, 7) is 11.7. The van der Waals surface area contributed by atoms with E-state index in [9.17, 15) is 9.59 Å². The molecule has 166 valence electrons. The molecule has 0 unspecified atom stereocenters. The van der Waals surface area contributed by atoms with E-state index in [-0.39, 0.29) is 11.8 Å². The van der Waals surface area contributed by atoms with Gasteiger partial charge in [-0.25, -0.2) is 4.98 Å². The van der Waals surface area contributed by atoms with E-state index in [2.05, 4.69) is 41.9 Å². The first-order valence-electron chi connectivity index (χ1n) is 10.8. The number of rotatable bonds is 4. The van der Waals surface area contributed by atoms with Crippen molar-refractivity contribution in [2.24, 2.45) is 0 Å². The lowest BCUT2D eigenvalue weighted by Gasteiger charge is -2.36. The van der Waals surface area contributed by atoms with Gasteiger partial charge in [0.15, 0.2) is 0 Å². The summed E-state index contributed by atoms with van der Waals surface area (Å²) in [4.78, 5) is 37.0. The average molecular weight is 443 g/mol. The Kier molecular flexibility index (Phi) is 6.69. The lowest BCUT2D eigenvalue weighted by molar-refractivity contribution is -0.134. The number of benzene rings is 1. The third-order valence-corrected chi connectivity index (χ3v) is 7.16. The molecule has 0 bridgehead atoms. The van der Waals surface area contributed by atoms with Crippen LogP contribution in [0.3, 0.4) is 0 Å². The molecule has 0 aliphatic carbocycles. The molecule has 8 heteroatoms. The second-order valence-electron chi connectivity index (χ2n) is 8.31. The van der Waals surface area contributed by atoms with Gasteiger partial charge < -0.3 is 14.5 Å². The van der Waals surface area contributed by atoms with Gasteiger partial charge in [0.05, 0.1) is 25.5 Å². The van der Waals surface area contributed by atoms with E-state index in [4.69, 9.17) is 4.74 Å². The van der Waals surface area contributed by atoms with E-state index in [1.54, 1.807) is 0 Å².